The summed E-state index contributed by atoms with van der Waals surface area (Å²) in [5.74, 6) is 0. The number of nitrogen functional groups attached to an aromatic ring is 1. The van der Waals surface area contributed by atoms with Gasteiger partial charge in [-0.05, 0) is 24.3 Å². The van der Waals surface area contributed by atoms with Crippen LogP contribution in [0.25, 0.3) is 0 Å². The molecule has 0 amide bonds. The van der Waals surface area contributed by atoms with Crippen LogP contribution in [0.5, 0.6) is 0 Å². The molecule has 1 aromatic rings. The highest BCUT2D eigenvalue weighted by molar-refractivity contribution is 5.50. The fourth-order valence-electron chi connectivity index (χ4n) is 0.610. The summed E-state index contributed by atoms with van der Waals surface area (Å²) in [7, 11) is 0. The van der Waals surface area contributed by atoms with Crippen LogP contribution in [0.1, 0.15) is 0 Å². The van der Waals surface area contributed by atoms with Crippen molar-refractivity contribution in [1.29, 1.82) is 0 Å². The molecule has 52 valence electrons. The van der Waals surface area contributed by atoms with E-state index in [1.165, 1.54) is 0 Å². The molecule has 0 spiro atoms. The van der Waals surface area contributed by atoms with Gasteiger partial charge in [0.15, 0.2) is 0 Å². The van der Waals surface area contributed by atoms with Gasteiger partial charge in [-0.15, -0.1) is 4.91 Å². The highest BCUT2D eigenvalue weighted by Crippen LogP contribution is 2.09. The van der Waals surface area contributed by atoms with Crippen LogP contribution in [-0.4, -0.2) is 0 Å². The second kappa shape index (κ2) is 2.82. The molecule has 0 aliphatic carbocycles. The fourth-order valence-corrected chi connectivity index (χ4v) is 0.610. The summed E-state index contributed by atoms with van der Waals surface area (Å²) in [4.78, 5) is 9.67. The summed E-state index contributed by atoms with van der Waals surface area (Å²) in [5, 5.41) is 2.49. The van der Waals surface area contributed by atoms with E-state index >= 15 is 0 Å². The lowest BCUT2D eigenvalue weighted by atomic mass is 10.3. The van der Waals surface area contributed by atoms with Gasteiger partial charge in [0, 0.05) is 5.69 Å². The Labute approximate surface area is 58.0 Å². The molecular formula is C6H7N3O. The first-order valence-electron chi connectivity index (χ1n) is 2.77. The van der Waals surface area contributed by atoms with Crippen LogP contribution in [0.3, 0.4) is 0 Å². The lowest BCUT2D eigenvalue weighted by Gasteiger charge is -1.95. The van der Waals surface area contributed by atoms with Crippen molar-refractivity contribution in [3.63, 3.8) is 0 Å². The Bertz CT molecular complexity index is 219. The molecule has 10 heavy (non-hydrogen) atoms. The summed E-state index contributed by atoms with van der Waals surface area (Å²) < 4.78 is 0. The Morgan fingerprint density at radius 2 is 1.90 bits per heavy atom. The van der Waals surface area contributed by atoms with Crippen LogP contribution in [0.2, 0.25) is 0 Å². The Balaban J connectivity index is 2.78. The second-order valence-corrected chi connectivity index (χ2v) is 1.83. The zero-order chi connectivity index (χ0) is 7.40. The van der Waals surface area contributed by atoms with E-state index in [0.29, 0.717) is 11.4 Å². The van der Waals surface area contributed by atoms with Gasteiger partial charge in [0.05, 0.1) is 11.0 Å². The van der Waals surface area contributed by atoms with Crippen LogP contribution in [0.15, 0.2) is 29.6 Å². The quantitative estimate of drug-likeness (QED) is 0.367. The fraction of sp³-hybridized carbons (Fsp3) is 0. The molecule has 0 aliphatic heterocycles. The minimum atomic E-state index is 0.643. The van der Waals surface area contributed by atoms with Crippen molar-refractivity contribution in [2.24, 2.45) is 5.29 Å². The topological polar surface area (TPSA) is 67.5 Å². The molecule has 1 aromatic carbocycles. The van der Waals surface area contributed by atoms with E-state index in [0.717, 1.165) is 0 Å². The predicted molar refractivity (Wildman–Crippen MR) is 40.3 cm³/mol. The van der Waals surface area contributed by atoms with E-state index in [1.807, 2.05) is 0 Å². The lowest BCUT2D eigenvalue weighted by Crippen LogP contribution is -1.87. The normalized spacial score (nSPS) is 8.80. The van der Waals surface area contributed by atoms with Gasteiger partial charge in [-0.1, -0.05) is 0 Å². The summed E-state index contributed by atoms with van der Waals surface area (Å²) >= 11 is 0. The molecule has 4 nitrogen and oxygen atoms in total. The molecule has 0 heterocycles. The number of hydrogen-bond acceptors (Lipinski definition) is 3. The number of rotatable bonds is 2. The summed E-state index contributed by atoms with van der Waals surface area (Å²) in [6.07, 6.45) is 0. The number of nitrogens with one attached hydrogen (secondary N) is 1. The minimum absolute atomic E-state index is 0.643. The molecule has 0 fully saturated rings. The van der Waals surface area contributed by atoms with E-state index in [1.54, 1.807) is 24.3 Å². The molecule has 4 heteroatoms. The van der Waals surface area contributed by atoms with Gasteiger partial charge in [0.25, 0.3) is 0 Å². The molecule has 0 saturated carbocycles. The molecule has 0 saturated heterocycles. The third-order valence-corrected chi connectivity index (χ3v) is 1.09. The Kier molecular flexibility index (Phi) is 1.84. The highest BCUT2D eigenvalue weighted by Gasteiger charge is 1.87. The van der Waals surface area contributed by atoms with E-state index in [4.69, 9.17) is 5.73 Å². The van der Waals surface area contributed by atoms with Crippen molar-refractivity contribution in [2.75, 3.05) is 11.2 Å². The molecule has 0 bridgehead atoms. The maximum absolute atomic E-state index is 9.67. The molecule has 1 rings (SSSR count). The van der Waals surface area contributed by atoms with Crippen LogP contribution in [0.4, 0.5) is 11.4 Å². The van der Waals surface area contributed by atoms with Gasteiger partial charge < -0.3 is 5.73 Å². The number of hydrogen-bond donors (Lipinski definition) is 2. The van der Waals surface area contributed by atoms with Crippen molar-refractivity contribution in [3.8, 4) is 0 Å². The van der Waals surface area contributed by atoms with Gasteiger partial charge >= 0.3 is 0 Å². The van der Waals surface area contributed by atoms with E-state index in [-0.39, 0.29) is 0 Å². The van der Waals surface area contributed by atoms with E-state index in [2.05, 4.69) is 10.7 Å². The van der Waals surface area contributed by atoms with Crippen molar-refractivity contribution in [2.45, 2.75) is 0 Å². The predicted octanol–water partition coefficient (Wildman–Crippen LogP) is 1.36. The van der Waals surface area contributed by atoms with Gasteiger partial charge in [0.1, 0.15) is 0 Å². The van der Waals surface area contributed by atoms with Gasteiger partial charge in [0.2, 0.25) is 0 Å². The molecule has 0 unspecified atom stereocenters. The molecular weight excluding hydrogens is 130 g/mol. The SMILES string of the molecule is Nc1ccc(NN=O)cc1. The molecule has 3 N–H and O–H groups in total. The average molecular weight is 137 g/mol. The first-order valence-corrected chi connectivity index (χ1v) is 2.77. The third-order valence-electron chi connectivity index (χ3n) is 1.09. The number of nitroso groups, excluding NO2 is 1. The zero-order valence-corrected chi connectivity index (χ0v) is 5.24. The van der Waals surface area contributed by atoms with Crippen molar-refractivity contribution in [3.05, 3.63) is 29.2 Å². The number of anilines is 2. The van der Waals surface area contributed by atoms with Gasteiger partial charge in [-0.3, -0.25) is 0 Å². The molecule has 0 aromatic heterocycles. The maximum atomic E-state index is 9.67. The average Bonchev–Trinajstić information content (AvgIpc) is 1.95. The number of nitrogens with two attached hydrogens (primary N) is 1. The van der Waals surface area contributed by atoms with Crippen molar-refractivity contribution >= 4 is 11.4 Å². The Morgan fingerprint density at radius 3 is 2.40 bits per heavy atom. The monoisotopic (exact) mass is 137 g/mol. The van der Waals surface area contributed by atoms with Crippen LogP contribution in [0, 0.1) is 4.91 Å². The first-order chi connectivity index (χ1) is 4.83. The lowest BCUT2D eigenvalue weighted by molar-refractivity contribution is 1.32. The summed E-state index contributed by atoms with van der Waals surface area (Å²) in [6.45, 7) is 0. The van der Waals surface area contributed by atoms with E-state index < -0.39 is 0 Å². The zero-order valence-electron chi connectivity index (χ0n) is 5.24. The highest BCUT2D eigenvalue weighted by atomic mass is 16.3. The molecule has 0 atom stereocenters. The smallest absolute Gasteiger partial charge is 0.0595 e. The molecule has 0 aliphatic rings. The van der Waals surface area contributed by atoms with Crippen LogP contribution in [-0.2, 0) is 0 Å². The summed E-state index contributed by atoms with van der Waals surface area (Å²) in [6, 6.07) is 6.73. The number of nitrogens with zero attached hydrogens (tertiary/aromatic N) is 1. The summed E-state index contributed by atoms with van der Waals surface area (Å²) in [5.41, 5.74) is 8.94. The Hall–Kier alpha value is -1.58. The number of benzene rings is 1. The van der Waals surface area contributed by atoms with Crippen LogP contribution < -0.4 is 11.2 Å². The van der Waals surface area contributed by atoms with Crippen molar-refractivity contribution in [1.82, 2.24) is 0 Å². The van der Waals surface area contributed by atoms with Crippen molar-refractivity contribution < 1.29 is 0 Å². The largest absolute Gasteiger partial charge is 0.399 e. The second-order valence-electron chi connectivity index (χ2n) is 1.83. The first kappa shape index (κ1) is 6.54. The van der Waals surface area contributed by atoms with Crippen LogP contribution >= 0.6 is 0 Å². The molecule has 0 radical (unpaired) electrons. The minimum Gasteiger partial charge on any atom is -0.399 e. The van der Waals surface area contributed by atoms with Gasteiger partial charge in [-0.2, -0.15) is 0 Å². The van der Waals surface area contributed by atoms with Gasteiger partial charge in [-0.25, -0.2) is 5.43 Å². The maximum Gasteiger partial charge on any atom is 0.0595 e. The van der Waals surface area contributed by atoms with E-state index in [9.17, 15) is 4.91 Å². The standard InChI is InChI=1S/C6H7N3O/c7-5-1-3-6(4-2-5)8-9-10/h1-4H,7H2,(H,8,10). The Morgan fingerprint density at radius 1 is 1.30 bits per heavy atom. The third kappa shape index (κ3) is 1.45.